The lowest BCUT2D eigenvalue weighted by Crippen LogP contribution is -2.14. The zero-order valence-electron chi connectivity index (χ0n) is 15.6. The van der Waals surface area contributed by atoms with Crippen LogP contribution in [0.25, 0.3) is 22.8 Å². The summed E-state index contributed by atoms with van der Waals surface area (Å²) in [4.78, 5) is 16.0. The Labute approximate surface area is 169 Å². The van der Waals surface area contributed by atoms with E-state index in [0.717, 1.165) is 11.6 Å². The number of rotatable bonds is 5. The molecule has 0 saturated carbocycles. The third-order valence-electron chi connectivity index (χ3n) is 4.17. The van der Waals surface area contributed by atoms with Crippen LogP contribution < -0.4 is 5.32 Å². The number of hydrogen-bond acceptors (Lipinski definition) is 7. The fourth-order valence-electron chi connectivity index (χ4n) is 2.69. The molecule has 0 aliphatic carbocycles. The Hall–Kier alpha value is -3.82. The van der Waals surface area contributed by atoms with Gasteiger partial charge in [-0.2, -0.15) is 18.2 Å². The molecule has 1 aromatic carbocycles. The van der Waals surface area contributed by atoms with E-state index in [9.17, 15) is 13.2 Å². The van der Waals surface area contributed by atoms with Crippen molar-refractivity contribution in [3.8, 4) is 22.8 Å². The van der Waals surface area contributed by atoms with E-state index < -0.39 is 17.9 Å². The number of nitrogens with zero attached hydrogens (tertiary/aromatic N) is 5. The number of aromatic nitrogens is 5. The van der Waals surface area contributed by atoms with Crippen LogP contribution in [0.15, 0.2) is 65.4 Å². The van der Waals surface area contributed by atoms with Gasteiger partial charge >= 0.3 is 6.18 Å². The number of nitrogens with one attached hydrogen (secondary N) is 1. The molecule has 0 amide bonds. The molecule has 0 bridgehead atoms. The van der Waals surface area contributed by atoms with Crippen LogP contribution in [-0.2, 0) is 6.18 Å². The summed E-state index contributed by atoms with van der Waals surface area (Å²) in [5.41, 5.74) is 0.0969. The number of hydrogen-bond donors (Lipinski definition) is 1. The summed E-state index contributed by atoms with van der Waals surface area (Å²) in [7, 11) is 0. The lowest BCUT2D eigenvalue weighted by atomic mass is 10.2. The fraction of sp³-hybridized carbons (Fsp3) is 0.150. The molecule has 3 heterocycles. The van der Waals surface area contributed by atoms with Crippen LogP contribution in [0.3, 0.4) is 0 Å². The molecule has 0 fully saturated rings. The first-order valence-corrected chi connectivity index (χ1v) is 8.92. The van der Waals surface area contributed by atoms with Crippen molar-refractivity contribution in [1.29, 1.82) is 0 Å². The van der Waals surface area contributed by atoms with Crippen LogP contribution in [-0.4, -0.2) is 25.1 Å². The lowest BCUT2D eigenvalue weighted by molar-refractivity contribution is -0.141. The molecule has 1 N–H and O–H groups in total. The molecule has 4 rings (SSSR count). The molecule has 1 unspecified atom stereocenters. The van der Waals surface area contributed by atoms with Crippen LogP contribution in [0.5, 0.6) is 0 Å². The number of alkyl halides is 3. The first-order valence-electron chi connectivity index (χ1n) is 8.92. The van der Waals surface area contributed by atoms with E-state index in [1.54, 1.807) is 6.92 Å². The minimum Gasteiger partial charge on any atom is -0.360 e. The van der Waals surface area contributed by atoms with E-state index in [0.29, 0.717) is 11.5 Å². The molecule has 0 radical (unpaired) electrons. The predicted octanol–water partition coefficient (Wildman–Crippen LogP) is 4.78. The van der Waals surface area contributed by atoms with E-state index >= 15 is 0 Å². The monoisotopic (exact) mass is 412 g/mol. The average Bonchev–Trinajstić information content (AvgIpc) is 3.25. The van der Waals surface area contributed by atoms with Crippen LogP contribution in [0.2, 0.25) is 0 Å². The molecule has 4 aromatic rings. The summed E-state index contributed by atoms with van der Waals surface area (Å²) < 4.78 is 45.3. The van der Waals surface area contributed by atoms with Crippen molar-refractivity contribution in [2.24, 2.45) is 0 Å². The van der Waals surface area contributed by atoms with Gasteiger partial charge in [0.2, 0.25) is 0 Å². The highest BCUT2D eigenvalue weighted by Gasteiger charge is 2.34. The topological polar surface area (TPSA) is 89.6 Å². The second-order valence-corrected chi connectivity index (χ2v) is 6.39. The van der Waals surface area contributed by atoms with Gasteiger partial charge in [0.25, 0.3) is 5.89 Å². The Balaban J connectivity index is 1.63. The normalized spacial score (nSPS) is 12.5. The van der Waals surface area contributed by atoms with Gasteiger partial charge in [0, 0.05) is 29.6 Å². The van der Waals surface area contributed by atoms with E-state index in [1.165, 1.54) is 24.5 Å². The van der Waals surface area contributed by atoms with Crippen molar-refractivity contribution in [2.45, 2.75) is 19.1 Å². The summed E-state index contributed by atoms with van der Waals surface area (Å²) in [5.74, 6) is 0.518. The van der Waals surface area contributed by atoms with E-state index in [1.807, 2.05) is 30.3 Å². The largest absolute Gasteiger partial charge is 0.433 e. The zero-order valence-corrected chi connectivity index (χ0v) is 15.6. The van der Waals surface area contributed by atoms with Gasteiger partial charge < -0.3 is 9.84 Å². The van der Waals surface area contributed by atoms with Gasteiger partial charge in [-0.15, -0.1) is 0 Å². The number of halogens is 3. The van der Waals surface area contributed by atoms with Gasteiger partial charge in [0.1, 0.15) is 5.82 Å². The molecule has 7 nitrogen and oxygen atoms in total. The molecule has 1 atom stereocenters. The van der Waals surface area contributed by atoms with Gasteiger partial charge in [-0.1, -0.05) is 23.4 Å². The number of anilines is 1. The summed E-state index contributed by atoms with van der Waals surface area (Å²) in [6.45, 7) is 1.70. The molecule has 10 heteroatoms. The molecule has 0 spiro atoms. The lowest BCUT2D eigenvalue weighted by Gasteiger charge is -2.14. The Morgan fingerprint density at radius 3 is 2.37 bits per heavy atom. The van der Waals surface area contributed by atoms with Gasteiger partial charge in [0.05, 0.1) is 6.04 Å². The predicted molar refractivity (Wildman–Crippen MR) is 102 cm³/mol. The van der Waals surface area contributed by atoms with E-state index in [2.05, 4.69) is 30.4 Å². The molecule has 30 heavy (non-hydrogen) atoms. The Kier molecular flexibility index (Phi) is 5.13. The number of pyridine rings is 1. The van der Waals surface area contributed by atoms with E-state index in [-0.39, 0.29) is 17.5 Å². The van der Waals surface area contributed by atoms with E-state index in [4.69, 9.17) is 4.52 Å². The first-order chi connectivity index (χ1) is 14.4. The maximum Gasteiger partial charge on any atom is 0.433 e. The average molecular weight is 412 g/mol. The Morgan fingerprint density at radius 2 is 1.67 bits per heavy atom. The van der Waals surface area contributed by atoms with Gasteiger partial charge in [-0.3, -0.25) is 4.98 Å². The zero-order chi connectivity index (χ0) is 21.1. The van der Waals surface area contributed by atoms with Gasteiger partial charge in [0.15, 0.2) is 17.3 Å². The highest BCUT2D eigenvalue weighted by molar-refractivity contribution is 5.57. The van der Waals surface area contributed by atoms with Crippen molar-refractivity contribution < 1.29 is 17.7 Å². The molecule has 0 aliphatic rings. The van der Waals surface area contributed by atoms with Crippen molar-refractivity contribution in [3.63, 3.8) is 0 Å². The highest BCUT2D eigenvalue weighted by Crippen LogP contribution is 2.31. The third-order valence-corrected chi connectivity index (χ3v) is 4.17. The van der Waals surface area contributed by atoms with Crippen LogP contribution in [0.4, 0.5) is 19.0 Å². The molecule has 3 aromatic heterocycles. The standard InChI is InChI=1S/C20H15F3N6O/c1-12(17-28-19(30-29-17)14-5-3-2-4-6-14)25-16-11-15(20(21,22)23)26-18(27-16)13-7-9-24-10-8-13/h2-12H,1H3,(H,25,26,27). The molecule has 0 aliphatic heterocycles. The van der Waals surface area contributed by atoms with Crippen molar-refractivity contribution >= 4 is 5.82 Å². The summed E-state index contributed by atoms with van der Waals surface area (Å²) in [5, 5.41) is 6.81. The highest BCUT2D eigenvalue weighted by atomic mass is 19.4. The smallest absolute Gasteiger partial charge is 0.360 e. The summed E-state index contributed by atoms with van der Waals surface area (Å²) in [6.07, 6.45) is -1.71. The second-order valence-electron chi connectivity index (χ2n) is 6.39. The maximum atomic E-state index is 13.3. The first kappa shape index (κ1) is 19.5. The second kappa shape index (κ2) is 7.90. The quantitative estimate of drug-likeness (QED) is 0.504. The molecular formula is C20H15F3N6O. The molecular weight excluding hydrogens is 397 g/mol. The van der Waals surface area contributed by atoms with Crippen LogP contribution in [0.1, 0.15) is 24.5 Å². The van der Waals surface area contributed by atoms with Crippen molar-refractivity contribution in [2.75, 3.05) is 5.32 Å². The van der Waals surface area contributed by atoms with Crippen LogP contribution in [0, 0.1) is 0 Å². The van der Waals surface area contributed by atoms with Gasteiger partial charge in [-0.05, 0) is 31.2 Å². The number of benzene rings is 1. The fourth-order valence-corrected chi connectivity index (χ4v) is 2.69. The van der Waals surface area contributed by atoms with Gasteiger partial charge in [-0.25, -0.2) is 9.97 Å². The Bertz CT molecular complexity index is 1130. The minimum absolute atomic E-state index is 0.0114. The van der Waals surface area contributed by atoms with Crippen LogP contribution >= 0.6 is 0 Å². The molecule has 0 saturated heterocycles. The molecule has 152 valence electrons. The maximum absolute atomic E-state index is 13.3. The third kappa shape index (κ3) is 4.27. The van der Waals surface area contributed by atoms with Crippen molar-refractivity contribution in [3.05, 3.63) is 72.4 Å². The minimum atomic E-state index is -4.63. The van der Waals surface area contributed by atoms with Crippen molar-refractivity contribution in [1.82, 2.24) is 25.1 Å². The SMILES string of the molecule is CC(Nc1cc(C(F)(F)F)nc(-c2ccncc2)n1)c1noc(-c2ccccc2)n1. The summed E-state index contributed by atoms with van der Waals surface area (Å²) in [6, 6.07) is 12.5. The Morgan fingerprint density at radius 1 is 0.933 bits per heavy atom. The summed E-state index contributed by atoms with van der Waals surface area (Å²) >= 11 is 0.